The molecule has 10 heteroatoms. The molecular weight excluding hydrogens is 556 g/mol. The van der Waals surface area contributed by atoms with Crippen LogP contribution in [-0.2, 0) is 0 Å². The van der Waals surface area contributed by atoms with Crippen LogP contribution >= 0.6 is 0 Å². The molecule has 0 saturated carbocycles. The zero-order valence-corrected chi connectivity index (χ0v) is 25.5. The maximum atomic E-state index is 10.8. The largest absolute Gasteiger partial charge is 0.478 e. The fourth-order valence-electron chi connectivity index (χ4n) is 4.21. The number of carbonyl (C=O) groups is 2. The van der Waals surface area contributed by atoms with Crippen molar-refractivity contribution in [2.24, 2.45) is 20.5 Å². The van der Waals surface area contributed by atoms with Gasteiger partial charge in [-0.1, -0.05) is 0 Å². The van der Waals surface area contributed by atoms with E-state index in [4.69, 9.17) is 10.2 Å². The number of hydrogen-bond acceptors (Lipinski definition) is 8. The van der Waals surface area contributed by atoms with Gasteiger partial charge in [0.2, 0.25) is 0 Å². The summed E-state index contributed by atoms with van der Waals surface area (Å²) in [7, 11) is 0. The molecule has 0 aromatic heterocycles. The first kappa shape index (κ1) is 33.1. The van der Waals surface area contributed by atoms with E-state index >= 15 is 0 Å². The highest BCUT2D eigenvalue weighted by Gasteiger charge is 2.04. The van der Waals surface area contributed by atoms with Crippen molar-refractivity contribution in [3.8, 4) is 0 Å². The van der Waals surface area contributed by atoms with Crippen LogP contribution in [0.15, 0.2) is 118 Å². The van der Waals surface area contributed by atoms with Crippen LogP contribution in [0.1, 0.15) is 48.4 Å². The molecule has 0 bridgehead atoms. The second kappa shape index (κ2) is 16.9. The number of anilines is 2. The van der Waals surface area contributed by atoms with Crippen LogP contribution in [0.3, 0.4) is 0 Å². The zero-order chi connectivity index (χ0) is 31.9. The van der Waals surface area contributed by atoms with Crippen molar-refractivity contribution in [1.29, 1.82) is 0 Å². The maximum Gasteiger partial charge on any atom is 0.335 e. The lowest BCUT2D eigenvalue weighted by molar-refractivity contribution is 0.0686. The van der Waals surface area contributed by atoms with Gasteiger partial charge in [0.1, 0.15) is 0 Å². The van der Waals surface area contributed by atoms with E-state index in [1.54, 1.807) is 24.3 Å². The number of aromatic carboxylic acids is 2. The van der Waals surface area contributed by atoms with Gasteiger partial charge in [0.15, 0.2) is 0 Å². The van der Waals surface area contributed by atoms with Crippen molar-refractivity contribution >= 4 is 46.1 Å². The third-order valence-electron chi connectivity index (χ3n) is 6.75. The Hall–Kier alpha value is -5.38. The van der Waals surface area contributed by atoms with Crippen molar-refractivity contribution in [2.45, 2.75) is 27.7 Å². The molecule has 0 radical (unpaired) electrons. The average Bonchev–Trinajstić information content (AvgIpc) is 3.06. The third-order valence-corrected chi connectivity index (χ3v) is 6.75. The lowest BCUT2D eigenvalue weighted by Gasteiger charge is -2.20. The summed E-state index contributed by atoms with van der Waals surface area (Å²) in [4.78, 5) is 26.1. The van der Waals surface area contributed by atoms with Crippen LogP contribution in [0.2, 0.25) is 0 Å². The SMILES string of the molecule is CCN(CC)c1ccc(N=Nc2ccc(C(=O)O)cc2)cc1.CCN(CC)c1ccc(N=Nc2ccc(C(=O)O)cc2)cc1. The zero-order valence-electron chi connectivity index (χ0n) is 25.5. The molecule has 0 aliphatic carbocycles. The van der Waals surface area contributed by atoms with E-state index in [0.29, 0.717) is 11.4 Å². The highest BCUT2D eigenvalue weighted by Crippen LogP contribution is 2.24. The molecule has 4 rings (SSSR count). The van der Waals surface area contributed by atoms with Gasteiger partial charge in [-0.2, -0.15) is 20.5 Å². The van der Waals surface area contributed by atoms with Gasteiger partial charge in [-0.15, -0.1) is 0 Å². The average molecular weight is 595 g/mol. The number of rotatable bonds is 12. The first-order chi connectivity index (χ1) is 21.3. The second-order valence-electron chi connectivity index (χ2n) is 9.48. The summed E-state index contributed by atoms with van der Waals surface area (Å²) < 4.78 is 0. The summed E-state index contributed by atoms with van der Waals surface area (Å²) in [6, 6.07) is 28.4. The lowest BCUT2D eigenvalue weighted by atomic mass is 10.2. The number of benzene rings is 4. The highest BCUT2D eigenvalue weighted by atomic mass is 16.4. The minimum absolute atomic E-state index is 0.238. The van der Waals surface area contributed by atoms with Crippen LogP contribution in [-0.4, -0.2) is 48.3 Å². The first-order valence-corrected chi connectivity index (χ1v) is 14.5. The van der Waals surface area contributed by atoms with Crippen molar-refractivity contribution in [3.63, 3.8) is 0 Å². The molecule has 0 aliphatic rings. The Morgan fingerprint density at radius 3 is 0.886 bits per heavy atom. The summed E-state index contributed by atoms with van der Waals surface area (Å²) in [6.45, 7) is 12.4. The summed E-state index contributed by atoms with van der Waals surface area (Å²) >= 11 is 0. The number of azo groups is 2. The normalized spacial score (nSPS) is 10.8. The molecule has 0 unspecified atom stereocenters. The summed E-state index contributed by atoms with van der Waals surface area (Å²) in [5.74, 6) is -1.90. The molecule has 4 aromatic rings. The van der Waals surface area contributed by atoms with Crippen LogP contribution < -0.4 is 9.80 Å². The Kier molecular flexibility index (Phi) is 12.7. The van der Waals surface area contributed by atoms with Crippen molar-refractivity contribution in [1.82, 2.24) is 0 Å². The lowest BCUT2D eigenvalue weighted by Crippen LogP contribution is -2.21. The van der Waals surface area contributed by atoms with Crippen molar-refractivity contribution in [3.05, 3.63) is 108 Å². The van der Waals surface area contributed by atoms with E-state index in [2.05, 4.69) is 58.0 Å². The van der Waals surface area contributed by atoms with Gasteiger partial charge in [-0.3, -0.25) is 0 Å². The standard InChI is InChI=1S/2C17H19N3O2/c2*1-3-20(4-2)16-11-9-15(10-12-16)19-18-14-7-5-13(6-8-14)17(21)22/h2*5-12H,3-4H2,1-2H3,(H,21,22). The summed E-state index contributed by atoms with van der Waals surface area (Å²) in [5.41, 5.74) is 5.57. The quantitative estimate of drug-likeness (QED) is 0.157. The molecule has 0 heterocycles. The van der Waals surface area contributed by atoms with Gasteiger partial charge < -0.3 is 20.0 Å². The van der Waals surface area contributed by atoms with Crippen molar-refractivity contribution in [2.75, 3.05) is 36.0 Å². The van der Waals surface area contributed by atoms with E-state index in [-0.39, 0.29) is 11.1 Å². The molecule has 10 nitrogen and oxygen atoms in total. The number of carboxylic acid groups (broad SMARTS) is 2. The first-order valence-electron chi connectivity index (χ1n) is 14.5. The minimum atomic E-state index is -0.949. The Balaban J connectivity index is 0.000000240. The van der Waals surface area contributed by atoms with Crippen molar-refractivity contribution < 1.29 is 19.8 Å². The molecule has 228 valence electrons. The molecule has 0 aliphatic heterocycles. The van der Waals surface area contributed by atoms with Gasteiger partial charge in [0, 0.05) is 37.6 Å². The predicted molar refractivity (Wildman–Crippen MR) is 175 cm³/mol. The molecule has 0 fully saturated rings. The van der Waals surface area contributed by atoms with Crippen LogP contribution in [0.5, 0.6) is 0 Å². The van der Waals surface area contributed by atoms with Crippen LogP contribution in [0.4, 0.5) is 34.1 Å². The molecule has 0 amide bonds. The topological polar surface area (TPSA) is 131 Å². The van der Waals surface area contributed by atoms with Crippen LogP contribution in [0.25, 0.3) is 0 Å². The second-order valence-corrected chi connectivity index (χ2v) is 9.48. The molecule has 2 N–H and O–H groups in total. The highest BCUT2D eigenvalue weighted by molar-refractivity contribution is 5.88. The predicted octanol–water partition coefficient (Wildman–Crippen LogP) is 9.29. The van der Waals surface area contributed by atoms with Crippen LogP contribution in [0, 0.1) is 0 Å². The van der Waals surface area contributed by atoms with E-state index in [1.165, 1.54) is 24.3 Å². The van der Waals surface area contributed by atoms with Gasteiger partial charge in [0.05, 0.1) is 33.9 Å². The molecule has 4 aromatic carbocycles. The maximum absolute atomic E-state index is 10.8. The Labute approximate surface area is 258 Å². The molecule has 44 heavy (non-hydrogen) atoms. The summed E-state index contributed by atoms with van der Waals surface area (Å²) in [6.07, 6.45) is 0. The number of carboxylic acids is 2. The molecule has 0 spiro atoms. The van der Waals surface area contributed by atoms with Gasteiger partial charge in [-0.05, 0) is 125 Å². The molecule has 0 saturated heterocycles. The Morgan fingerprint density at radius 2 is 0.682 bits per heavy atom. The summed E-state index contributed by atoms with van der Waals surface area (Å²) in [5, 5.41) is 34.2. The number of hydrogen-bond donors (Lipinski definition) is 2. The van der Waals surface area contributed by atoms with Gasteiger partial charge >= 0.3 is 11.9 Å². The van der Waals surface area contributed by atoms with E-state index in [1.807, 2.05) is 48.5 Å². The fraction of sp³-hybridized carbons (Fsp3) is 0.235. The monoisotopic (exact) mass is 594 g/mol. The molecular formula is C34H38N6O4. The number of nitrogens with zero attached hydrogens (tertiary/aromatic N) is 6. The van der Waals surface area contributed by atoms with Gasteiger partial charge in [0.25, 0.3) is 0 Å². The Bertz CT molecular complexity index is 1410. The van der Waals surface area contributed by atoms with Gasteiger partial charge in [-0.25, -0.2) is 9.59 Å². The minimum Gasteiger partial charge on any atom is -0.478 e. The fourth-order valence-corrected chi connectivity index (χ4v) is 4.21. The Morgan fingerprint density at radius 1 is 0.455 bits per heavy atom. The smallest absolute Gasteiger partial charge is 0.335 e. The third kappa shape index (κ3) is 9.87. The van der Waals surface area contributed by atoms with E-state index in [0.717, 1.165) is 48.9 Å². The molecule has 0 atom stereocenters. The van der Waals surface area contributed by atoms with E-state index in [9.17, 15) is 9.59 Å². The van der Waals surface area contributed by atoms with E-state index < -0.39 is 11.9 Å².